The van der Waals surface area contributed by atoms with Gasteiger partial charge in [-0.1, -0.05) is 39.6 Å². The summed E-state index contributed by atoms with van der Waals surface area (Å²) in [5, 5.41) is 0.573. The first-order chi connectivity index (χ1) is 12.7. The van der Waals surface area contributed by atoms with E-state index in [0.29, 0.717) is 28.3 Å². The average molecular weight is 415 g/mol. The molecule has 0 aliphatic carbocycles. The molecule has 134 valence electrons. The molecular formula is C21H19BrO4. The number of rotatable bonds is 4. The van der Waals surface area contributed by atoms with Gasteiger partial charge in [-0.15, -0.1) is 0 Å². The van der Waals surface area contributed by atoms with E-state index in [9.17, 15) is 0 Å². The van der Waals surface area contributed by atoms with Crippen molar-refractivity contribution in [1.29, 1.82) is 0 Å². The summed E-state index contributed by atoms with van der Waals surface area (Å²) in [5.41, 5.74) is 2.33. The molecule has 0 N–H and O–H groups in total. The molecule has 0 aliphatic heterocycles. The second-order valence-corrected chi connectivity index (χ2v) is 5.57. The Morgan fingerprint density at radius 3 is 1.77 bits per heavy atom. The van der Waals surface area contributed by atoms with Crippen molar-refractivity contribution < 1.29 is 18.9 Å². The van der Waals surface area contributed by atoms with Gasteiger partial charge in [-0.2, -0.15) is 0 Å². The Balaban J connectivity index is 2.50. The summed E-state index contributed by atoms with van der Waals surface area (Å²) in [6.07, 6.45) is 0. The van der Waals surface area contributed by atoms with Crippen molar-refractivity contribution in [1.82, 2.24) is 0 Å². The van der Waals surface area contributed by atoms with Crippen molar-refractivity contribution in [3.63, 3.8) is 0 Å². The molecule has 0 spiro atoms. The van der Waals surface area contributed by atoms with Crippen LogP contribution in [-0.2, 0) is 0 Å². The van der Waals surface area contributed by atoms with Crippen LogP contribution in [0.3, 0.4) is 0 Å². The number of alkyl halides is 1. The van der Waals surface area contributed by atoms with Crippen molar-refractivity contribution in [2.45, 2.75) is 0 Å². The quantitative estimate of drug-likeness (QED) is 0.562. The fourth-order valence-electron chi connectivity index (χ4n) is 2.27. The van der Waals surface area contributed by atoms with Crippen molar-refractivity contribution in [3.8, 4) is 46.7 Å². The number of hydrogen-bond donors (Lipinski definition) is 0. The summed E-state index contributed by atoms with van der Waals surface area (Å²) in [5.74, 6) is 14.9. The van der Waals surface area contributed by atoms with E-state index in [-0.39, 0.29) is 0 Å². The molecule has 0 radical (unpaired) electrons. The molecule has 2 rings (SSSR count). The third kappa shape index (κ3) is 4.65. The highest BCUT2D eigenvalue weighted by molar-refractivity contribution is 9.09. The minimum Gasteiger partial charge on any atom is -0.493 e. The monoisotopic (exact) mass is 414 g/mol. The van der Waals surface area contributed by atoms with E-state index in [2.05, 4.69) is 39.6 Å². The summed E-state index contributed by atoms with van der Waals surface area (Å²) in [6, 6.07) is 9.18. The van der Waals surface area contributed by atoms with Gasteiger partial charge in [0, 0.05) is 28.8 Å². The molecule has 2 aromatic rings. The topological polar surface area (TPSA) is 36.9 Å². The van der Waals surface area contributed by atoms with E-state index < -0.39 is 0 Å². The number of methoxy groups -OCH3 is 4. The molecule has 0 saturated heterocycles. The standard InChI is InChI=1S/C21H19BrO4/c1-23-18-10-8-15(12-19(18)24-2)7-9-17-14-21(26-4)20(25-3)13-16(17)6-5-11-22/h8,10,12-14H,11H2,1-4H3. The predicted octanol–water partition coefficient (Wildman–Crippen LogP) is 3.87. The molecule has 4 nitrogen and oxygen atoms in total. The maximum Gasteiger partial charge on any atom is 0.162 e. The minimum atomic E-state index is 0.573. The molecule has 0 unspecified atom stereocenters. The highest BCUT2D eigenvalue weighted by atomic mass is 79.9. The molecule has 0 amide bonds. The van der Waals surface area contributed by atoms with E-state index >= 15 is 0 Å². The van der Waals surface area contributed by atoms with E-state index in [0.717, 1.165) is 16.7 Å². The van der Waals surface area contributed by atoms with Crippen LogP contribution in [0.25, 0.3) is 0 Å². The molecule has 0 aliphatic rings. The van der Waals surface area contributed by atoms with Crippen molar-refractivity contribution in [2.75, 3.05) is 33.8 Å². The van der Waals surface area contributed by atoms with Gasteiger partial charge in [0.1, 0.15) is 0 Å². The van der Waals surface area contributed by atoms with Gasteiger partial charge < -0.3 is 18.9 Å². The van der Waals surface area contributed by atoms with Crippen LogP contribution in [0.15, 0.2) is 30.3 Å². The summed E-state index contributed by atoms with van der Waals surface area (Å²) in [7, 11) is 6.38. The third-order valence-electron chi connectivity index (χ3n) is 3.54. The fourth-order valence-corrected chi connectivity index (χ4v) is 2.41. The number of benzene rings is 2. The first kappa shape index (κ1) is 19.6. The largest absolute Gasteiger partial charge is 0.493 e. The predicted molar refractivity (Wildman–Crippen MR) is 106 cm³/mol. The highest BCUT2D eigenvalue weighted by Gasteiger charge is 2.09. The second kappa shape index (κ2) is 9.65. The molecule has 26 heavy (non-hydrogen) atoms. The van der Waals surface area contributed by atoms with Gasteiger partial charge in [-0.05, 0) is 18.2 Å². The number of halogens is 1. The van der Waals surface area contributed by atoms with E-state index in [1.54, 1.807) is 28.4 Å². The Morgan fingerprint density at radius 2 is 1.23 bits per heavy atom. The van der Waals surface area contributed by atoms with Gasteiger partial charge in [0.15, 0.2) is 23.0 Å². The molecule has 0 fully saturated rings. The van der Waals surface area contributed by atoms with Gasteiger partial charge >= 0.3 is 0 Å². The van der Waals surface area contributed by atoms with Crippen LogP contribution in [0.4, 0.5) is 0 Å². The zero-order valence-corrected chi connectivity index (χ0v) is 16.7. The minimum absolute atomic E-state index is 0.573. The van der Waals surface area contributed by atoms with E-state index in [1.165, 1.54) is 0 Å². The first-order valence-corrected chi connectivity index (χ1v) is 8.83. The van der Waals surface area contributed by atoms with Gasteiger partial charge in [-0.3, -0.25) is 0 Å². The van der Waals surface area contributed by atoms with Crippen molar-refractivity contribution in [3.05, 3.63) is 47.0 Å². The molecule has 2 aromatic carbocycles. The summed E-state index contributed by atoms with van der Waals surface area (Å²) in [4.78, 5) is 0. The Kier molecular flexibility index (Phi) is 7.26. The molecule has 0 heterocycles. The Hall–Kier alpha value is -2.76. The Morgan fingerprint density at radius 1 is 0.692 bits per heavy atom. The number of ether oxygens (including phenoxy) is 4. The van der Waals surface area contributed by atoms with E-state index in [1.807, 2.05) is 30.3 Å². The van der Waals surface area contributed by atoms with Crippen LogP contribution in [0.5, 0.6) is 23.0 Å². The summed E-state index contributed by atoms with van der Waals surface area (Å²) < 4.78 is 21.3. The molecule has 0 aromatic heterocycles. The van der Waals surface area contributed by atoms with Crippen LogP contribution in [0.2, 0.25) is 0 Å². The highest BCUT2D eigenvalue weighted by Crippen LogP contribution is 2.30. The molecule has 0 bridgehead atoms. The lowest BCUT2D eigenvalue weighted by Crippen LogP contribution is -1.94. The fraction of sp³-hybridized carbons (Fsp3) is 0.238. The van der Waals surface area contributed by atoms with Crippen LogP contribution in [0.1, 0.15) is 16.7 Å². The van der Waals surface area contributed by atoms with Crippen LogP contribution in [-0.4, -0.2) is 33.8 Å². The zero-order valence-electron chi connectivity index (χ0n) is 15.1. The Bertz CT molecular complexity index is 898. The van der Waals surface area contributed by atoms with Crippen LogP contribution < -0.4 is 18.9 Å². The molecule has 0 atom stereocenters. The van der Waals surface area contributed by atoms with Crippen molar-refractivity contribution in [2.24, 2.45) is 0 Å². The first-order valence-electron chi connectivity index (χ1n) is 7.71. The van der Waals surface area contributed by atoms with Gasteiger partial charge in [-0.25, -0.2) is 0 Å². The smallest absolute Gasteiger partial charge is 0.162 e. The third-order valence-corrected chi connectivity index (χ3v) is 3.82. The lowest BCUT2D eigenvalue weighted by molar-refractivity contribution is 0.355. The summed E-state index contributed by atoms with van der Waals surface area (Å²) in [6.45, 7) is 0. The van der Waals surface area contributed by atoms with Crippen molar-refractivity contribution >= 4 is 15.9 Å². The molecular weight excluding hydrogens is 396 g/mol. The van der Waals surface area contributed by atoms with Crippen LogP contribution in [0, 0.1) is 23.7 Å². The summed E-state index contributed by atoms with van der Waals surface area (Å²) >= 11 is 3.31. The Labute approximate surface area is 162 Å². The lowest BCUT2D eigenvalue weighted by Gasteiger charge is -2.09. The maximum absolute atomic E-state index is 5.37. The lowest BCUT2D eigenvalue weighted by atomic mass is 10.1. The molecule has 5 heteroatoms. The SMILES string of the molecule is COc1ccc(C#Cc2cc(OC)c(OC)cc2C#CCBr)cc1OC. The molecule has 0 saturated carbocycles. The zero-order chi connectivity index (χ0) is 18.9. The second-order valence-electron chi connectivity index (χ2n) is 5.01. The van der Waals surface area contributed by atoms with Gasteiger partial charge in [0.05, 0.1) is 33.8 Å². The average Bonchev–Trinajstić information content (AvgIpc) is 2.69. The van der Waals surface area contributed by atoms with E-state index in [4.69, 9.17) is 18.9 Å². The van der Waals surface area contributed by atoms with Crippen LogP contribution >= 0.6 is 15.9 Å². The van der Waals surface area contributed by atoms with Gasteiger partial charge in [0.2, 0.25) is 0 Å². The normalized spacial score (nSPS) is 9.27. The number of hydrogen-bond acceptors (Lipinski definition) is 4. The maximum atomic E-state index is 5.37. The van der Waals surface area contributed by atoms with Gasteiger partial charge in [0.25, 0.3) is 0 Å².